The van der Waals surface area contributed by atoms with Crippen molar-refractivity contribution in [3.63, 3.8) is 0 Å². The Bertz CT molecular complexity index is 1180. The van der Waals surface area contributed by atoms with Gasteiger partial charge >= 0.3 is 0 Å². The molecule has 2 fully saturated rings. The Morgan fingerprint density at radius 1 is 1.18 bits per heavy atom. The Hall–Kier alpha value is -2.42. The number of fused-ring (bicyclic) bond motifs is 1. The van der Waals surface area contributed by atoms with Gasteiger partial charge in [-0.3, -0.25) is 19.3 Å². The molecule has 0 spiro atoms. The second-order valence-electron chi connectivity index (χ2n) is 11.4. The minimum atomic E-state index is -0.484. The molecule has 40 heavy (non-hydrogen) atoms. The van der Waals surface area contributed by atoms with Crippen molar-refractivity contribution < 1.29 is 19.1 Å². The lowest BCUT2D eigenvalue weighted by Gasteiger charge is -2.32. The fourth-order valence-corrected chi connectivity index (χ4v) is 6.93. The van der Waals surface area contributed by atoms with Gasteiger partial charge in [0.05, 0.1) is 21.1 Å². The summed E-state index contributed by atoms with van der Waals surface area (Å²) in [6, 6.07) is 6.16. The summed E-state index contributed by atoms with van der Waals surface area (Å²) in [6.45, 7) is 12.1. The van der Waals surface area contributed by atoms with Crippen LogP contribution in [0.15, 0.2) is 30.4 Å². The summed E-state index contributed by atoms with van der Waals surface area (Å²) in [4.78, 5) is 46.3. The van der Waals surface area contributed by atoms with Gasteiger partial charge in [0.2, 0.25) is 5.91 Å². The third-order valence-corrected chi connectivity index (χ3v) is 9.46. The molecule has 7 nitrogen and oxygen atoms in total. The quantitative estimate of drug-likeness (QED) is 0.294. The number of amides is 1. The molecule has 0 bridgehead atoms. The van der Waals surface area contributed by atoms with Gasteiger partial charge in [-0.25, -0.2) is 4.98 Å². The first-order valence-corrected chi connectivity index (χ1v) is 15.9. The molecule has 1 amide bonds. The van der Waals surface area contributed by atoms with E-state index >= 15 is 0 Å². The topological polar surface area (TPSA) is 88.6 Å². The zero-order valence-electron chi connectivity index (χ0n) is 24.2. The number of aromatic nitrogens is 1. The normalized spacial score (nSPS) is 18.1. The predicted molar refractivity (Wildman–Crippen MR) is 161 cm³/mol. The maximum Gasteiger partial charge on any atom is 0.224 e. The van der Waals surface area contributed by atoms with Crippen LogP contribution in [-0.4, -0.2) is 66.2 Å². The van der Waals surface area contributed by atoms with Crippen molar-refractivity contribution in [1.29, 1.82) is 0 Å². The molecule has 218 valence electrons. The van der Waals surface area contributed by atoms with E-state index in [1.54, 1.807) is 11.3 Å². The maximum absolute atomic E-state index is 13.7. The van der Waals surface area contributed by atoms with E-state index < -0.39 is 5.92 Å². The summed E-state index contributed by atoms with van der Waals surface area (Å²) in [6.07, 6.45) is 6.99. The van der Waals surface area contributed by atoms with E-state index in [4.69, 9.17) is 9.72 Å². The van der Waals surface area contributed by atoms with Crippen LogP contribution >= 0.6 is 11.3 Å². The van der Waals surface area contributed by atoms with Gasteiger partial charge in [0, 0.05) is 57.1 Å². The number of carbonyl (C=O) groups excluding carboxylic acids is 3. The summed E-state index contributed by atoms with van der Waals surface area (Å²) in [5.74, 6) is -0.200. The Morgan fingerprint density at radius 2 is 1.93 bits per heavy atom. The molecule has 0 unspecified atom stereocenters. The van der Waals surface area contributed by atoms with E-state index in [9.17, 15) is 14.4 Å². The van der Waals surface area contributed by atoms with Crippen LogP contribution < -0.4 is 5.32 Å². The number of nitrogens with one attached hydrogen (secondary N) is 1. The number of hydrogen-bond acceptors (Lipinski definition) is 7. The van der Waals surface area contributed by atoms with Crippen molar-refractivity contribution in [2.45, 2.75) is 84.1 Å². The van der Waals surface area contributed by atoms with Crippen molar-refractivity contribution in [2.75, 3.05) is 32.8 Å². The van der Waals surface area contributed by atoms with Gasteiger partial charge in [-0.1, -0.05) is 26.5 Å². The average Bonchev–Trinajstić information content (AvgIpc) is 3.63. The number of rotatable bonds is 15. The number of Topliss-reactive ketones (excluding diaryl/α,β-unsaturated/α-hetero) is 2. The van der Waals surface area contributed by atoms with Gasteiger partial charge in [-0.05, 0) is 75.2 Å². The monoisotopic (exact) mass is 567 g/mol. The second kappa shape index (κ2) is 15.0. The molecule has 2 saturated heterocycles. The Balaban J connectivity index is 1.44. The number of likely N-dealkylation sites (tertiary alicyclic amines) is 1. The lowest BCUT2D eigenvalue weighted by molar-refractivity contribution is -0.130. The van der Waals surface area contributed by atoms with E-state index in [2.05, 4.69) is 35.9 Å². The summed E-state index contributed by atoms with van der Waals surface area (Å²) in [7, 11) is 0. The van der Waals surface area contributed by atoms with Crippen LogP contribution in [-0.2, 0) is 32.0 Å². The number of carbonyl (C=O) groups is 3. The largest absolute Gasteiger partial charge is 0.381 e. The van der Waals surface area contributed by atoms with Crippen LogP contribution in [0.1, 0.15) is 75.8 Å². The summed E-state index contributed by atoms with van der Waals surface area (Å²) in [5, 5.41) is 4.17. The minimum absolute atomic E-state index is 0.0746. The second-order valence-corrected chi connectivity index (χ2v) is 12.5. The highest BCUT2D eigenvalue weighted by molar-refractivity contribution is 7.18. The third kappa shape index (κ3) is 8.54. The lowest BCUT2D eigenvalue weighted by Crippen LogP contribution is -2.46. The number of ether oxygens (including phenoxy) is 1. The molecule has 8 heteroatoms. The molecular formula is C32H45N3O4S. The standard InChI is InChI=1S/C32H45N3O4S/c1-4-23-8-9-28-30(18-23)40-31(33-28)20-25(19-26(36)5-2)32(38)34-27(24-12-16-39-17-13-24)10-11-29(37)22(3)21-35-14-6-7-15-35/h8-9,18,24-25,27H,3-7,10-17,19-21H2,1-2H3,(H,34,38)/t25-,27+/m0/s1. The fourth-order valence-electron chi connectivity index (χ4n) is 5.82. The van der Waals surface area contributed by atoms with Crippen molar-refractivity contribution in [1.82, 2.24) is 15.2 Å². The number of hydrogen-bond donors (Lipinski definition) is 1. The highest BCUT2D eigenvalue weighted by Gasteiger charge is 2.30. The zero-order chi connectivity index (χ0) is 28.5. The molecule has 0 saturated carbocycles. The van der Waals surface area contributed by atoms with E-state index in [0.717, 1.165) is 47.6 Å². The third-order valence-electron chi connectivity index (χ3n) is 8.42. The highest BCUT2D eigenvalue weighted by atomic mass is 32.1. The van der Waals surface area contributed by atoms with Crippen molar-refractivity contribution in [2.24, 2.45) is 11.8 Å². The van der Waals surface area contributed by atoms with Gasteiger partial charge in [0.15, 0.2) is 5.78 Å². The lowest BCUT2D eigenvalue weighted by atomic mass is 9.87. The number of aryl methyl sites for hydroxylation is 1. The predicted octanol–water partition coefficient (Wildman–Crippen LogP) is 5.30. The molecule has 2 atom stereocenters. The Kier molecular flexibility index (Phi) is 11.4. The van der Waals surface area contributed by atoms with Gasteiger partial charge in [0.1, 0.15) is 5.78 Å². The SMILES string of the molecule is C=C(CN1CCCC1)C(=O)CC[C@@H](NC(=O)[C@@H](CC(=O)CC)Cc1nc2ccc(CC)cc2s1)C1CCOCC1. The molecule has 1 aromatic carbocycles. The van der Waals surface area contributed by atoms with Crippen LogP contribution in [0.25, 0.3) is 10.2 Å². The molecule has 2 aromatic rings. The smallest absolute Gasteiger partial charge is 0.224 e. The highest BCUT2D eigenvalue weighted by Crippen LogP contribution is 2.28. The van der Waals surface area contributed by atoms with E-state index in [0.29, 0.717) is 51.0 Å². The van der Waals surface area contributed by atoms with Crippen molar-refractivity contribution in [3.05, 3.63) is 40.9 Å². The van der Waals surface area contributed by atoms with E-state index in [1.165, 1.54) is 18.4 Å². The number of nitrogens with zero attached hydrogens (tertiary/aromatic N) is 2. The molecule has 1 N–H and O–H groups in total. The van der Waals surface area contributed by atoms with Crippen LogP contribution in [0, 0.1) is 11.8 Å². The average molecular weight is 568 g/mol. The number of thiazole rings is 1. The molecule has 0 radical (unpaired) electrons. The molecular weight excluding hydrogens is 522 g/mol. The Labute approximate surface area is 242 Å². The van der Waals surface area contributed by atoms with Gasteiger partial charge in [-0.15, -0.1) is 11.3 Å². The maximum atomic E-state index is 13.7. The molecule has 3 heterocycles. The molecule has 2 aliphatic rings. The van der Waals surface area contributed by atoms with E-state index in [-0.39, 0.29) is 35.9 Å². The zero-order valence-corrected chi connectivity index (χ0v) is 25.0. The summed E-state index contributed by atoms with van der Waals surface area (Å²) >= 11 is 1.61. The van der Waals surface area contributed by atoms with Gasteiger partial charge in [-0.2, -0.15) is 0 Å². The first-order chi connectivity index (χ1) is 19.4. The minimum Gasteiger partial charge on any atom is -0.381 e. The molecule has 2 aliphatic heterocycles. The molecule has 4 rings (SSSR count). The first kappa shape index (κ1) is 30.5. The van der Waals surface area contributed by atoms with E-state index in [1.807, 2.05) is 13.0 Å². The summed E-state index contributed by atoms with van der Waals surface area (Å²) < 4.78 is 6.70. The van der Waals surface area contributed by atoms with Crippen LogP contribution in [0.2, 0.25) is 0 Å². The van der Waals surface area contributed by atoms with Crippen LogP contribution in [0.4, 0.5) is 0 Å². The van der Waals surface area contributed by atoms with Crippen molar-refractivity contribution >= 4 is 39.0 Å². The van der Waals surface area contributed by atoms with Crippen molar-refractivity contribution in [3.8, 4) is 0 Å². The fraction of sp³-hybridized carbons (Fsp3) is 0.625. The van der Waals surface area contributed by atoms with Gasteiger partial charge in [0.25, 0.3) is 0 Å². The first-order valence-electron chi connectivity index (χ1n) is 15.1. The molecule has 0 aliphatic carbocycles. The van der Waals surface area contributed by atoms with Gasteiger partial charge < -0.3 is 10.1 Å². The Morgan fingerprint density at radius 3 is 2.62 bits per heavy atom. The number of ketones is 2. The summed E-state index contributed by atoms with van der Waals surface area (Å²) in [5.41, 5.74) is 2.86. The van der Waals surface area contributed by atoms with Crippen LogP contribution in [0.3, 0.4) is 0 Å². The molecule has 1 aromatic heterocycles. The number of benzene rings is 1. The van der Waals surface area contributed by atoms with Crippen LogP contribution in [0.5, 0.6) is 0 Å².